The van der Waals surface area contributed by atoms with E-state index in [1.807, 2.05) is 0 Å². The Morgan fingerprint density at radius 1 is 1.07 bits per heavy atom. The average Bonchev–Trinajstić information content (AvgIpc) is 2.73. The number of hydrogen-bond acceptors (Lipinski definition) is 5. The van der Waals surface area contributed by atoms with Crippen LogP contribution in [0.5, 0.6) is 6.01 Å². The van der Waals surface area contributed by atoms with Gasteiger partial charge < -0.3 is 4.74 Å². The third-order valence-electron chi connectivity index (χ3n) is 4.45. The molecule has 0 unspecified atom stereocenters. The zero-order valence-corrected chi connectivity index (χ0v) is 15.9. The van der Waals surface area contributed by atoms with Gasteiger partial charge in [0.1, 0.15) is 11.6 Å². The largest absolute Gasteiger partial charge is 0.467 e. The Labute approximate surface area is 169 Å². The lowest BCUT2D eigenvalue weighted by Gasteiger charge is -2.18. The Hall–Kier alpha value is -3.36. The van der Waals surface area contributed by atoms with Gasteiger partial charge in [-0.15, -0.1) is 0 Å². The number of carbonyl (C=O) groups is 1. The molecule has 2 heterocycles. The molecule has 9 heteroatoms. The molecule has 0 fully saturated rings. The van der Waals surface area contributed by atoms with E-state index in [-0.39, 0.29) is 30.3 Å². The van der Waals surface area contributed by atoms with Gasteiger partial charge in [0, 0.05) is 37.4 Å². The van der Waals surface area contributed by atoms with Crippen molar-refractivity contribution in [2.75, 3.05) is 7.11 Å². The molecule has 5 nitrogen and oxygen atoms in total. The minimum absolute atomic E-state index is 0.00316. The number of alkyl halides is 3. The first-order valence-corrected chi connectivity index (χ1v) is 8.92. The normalized spacial score (nSPS) is 12.4. The SMILES string of the molecule is COc1ncc(CC(=O)C[C@@H](c2ccc(C(F)(F)F)cc2)c2ncccc2F)cn1. The fourth-order valence-corrected chi connectivity index (χ4v) is 3.00. The number of carbonyl (C=O) groups excluding carboxylic acids is 1. The van der Waals surface area contributed by atoms with Crippen molar-refractivity contribution >= 4 is 5.78 Å². The van der Waals surface area contributed by atoms with Gasteiger partial charge in [-0.05, 0) is 35.4 Å². The van der Waals surface area contributed by atoms with Gasteiger partial charge in [0.05, 0.1) is 18.4 Å². The molecule has 0 aliphatic heterocycles. The molecule has 156 valence electrons. The van der Waals surface area contributed by atoms with E-state index >= 15 is 0 Å². The lowest BCUT2D eigenvalue weighted by Crippen LogP contribution is -2.14. The van der Waals surface area contributed by atoms with Crippen LogP contribution in [0.15, 0.2) is 55.0 Å². The van der Waals surface area contributed by atoms with E-state index in [1.165, 1.54) is 50.0 Å². The van der Waals surface area contributed by atoms with Crippen molar-refractivity contribution in [1.29, 1.82) is 0 Å². The number of methoxy groups -OCH3 is 1. The molecule has 0 bridgehead atoms. The second-order valence-electron chi connectivity index (χ2n) is 6.54. The lowest BCUT2D eigenvalue weighted by atomic mass is 9.88. The molecule has 30 heavy (non-hydrogen) atoms. The van der Waals surface area contributed by atoms with Gasteiger partial charge in [0.2, 0.25) is 0 Å². The number of pyridine rings is 1. The monoisotopic (exact) mass is 419 g/mol. The van der Waals surface area contributed by atoms with Crippen molar-refractivity contribution in [2.45, 2.75) is 24.9 Å². The number of rotatable bonds is 7. The predicted octanol–water partition coefficient (Wildman–Crippen LogP) is 4.37. The van der Waals surface area contributed by atoms with Gasteiger partial charge in [-0.1, -0.05) is 12.1 Å². The maximum absolute atomic E-state index is 14.4. The third-order valence-corrected chi connectivity index (χ3v) is 4.45. The van der Waals surface area contributed by atoms with Crippen molar-refractivity contribution in [3.8, 4) is 6.01 Å². The smallest absolute Gasteiger partial charge is 0.416 e. The maximum atomic E-state index is 14.4. The highest BCUT2D eigenvalue weighted by molar-refractivity contribution is 5.82. The molecule has 1 atom stereocenters. The van der Waals surface area contributed by atoms with Crippen LogP contribution >= 0.6 is 0 Å². The molecular formula is C21H17F4N3O2. The lowest BCUT2D eigenvalue weighted by molar-refractivity contribution is -0.137. The first-order valence-electron chi connectivity index (χ1n) is 8.92. The second kappa shape index (κ2) is 8.98. The number of nitrogens with zero attached hydrogens (tertiary/aromatic N) is 3. The molecule has 3 rings (SSSR count). The molecule has 0 spiro atoms. The Balaban J connectivity index is 1.86. The zero-order chi connectivity index (χ0) is 21.7. The standard InChI is InChI=1S/C21H17F4N3O2/c1-30-20-27-11-13(12-28-20)9-16(29)10-17(19-18(22)3-2-8-26-19)14-4-6-15(7-5-14)21(23,24)25/h2-8,11-12,17H,9-10H2,1H3/t17-/m0/s1. The van der Waals surface area contributed by atoms with E-state index in [0.717, 1.165) is 12.1 Å². The van der Waals surface area contributed by atoms with Crippen LogP contribution in [-0.4, -0.2) is 27.8 Å². The van der Waals surface area contributed by atoms with Crippen LogP contribution in [0.2, 0.25) is 0 Å². The summed E-state index contributed by atoms with van der Waals surface area (Å²) in [6.45, 7) is 0. The number of aromatic nitrogens is 3. The van der Waals surface area contributed by atoms with Gasteiger partial charge in [0.15, 0.2) is 0 Å². The summed E-state index contributed by atoms with van der Waals surface area (Å²) in [5, 5.41) is 0. The summed E-state index contributed by atoms with van der Waals surface area (Å²) >= 11 is 0. The van der Waals surface area contributed by atoms with E-state index in [9.17, 15) is 22.4 Å². The van der Waals surface area contributed by atoms with Gasteiger partial charge >= 0.3 is 12.2 Å². The number of benzene rings is 1. The van der Waals surface area contributed by atoms with Gasteiger partial charge in [0.25, 0.3) is 0 Å². The average molecular weight is 419 g/mol. The Bertz CT molecular complexity index is 1010. The summed E-state index contributed by atoms with van der Waals surface area (Å²) in [7, 11) is 1.41. The highest BCUT2D eigenvalue weighted by Gasteiger charge is 2.31. The Kier molecular flexibility index (Phi) is 6.39. The van der Waals surface area contributed by atoms with Crippen LogP contribution in [0.1, 0.15) is 34.7 Å². The minimum atomic E-state index is -4.49. The van der Waals surface area contributed by atoms with Crippen LogP contribution in [0.25, 0.3) is 0 Å². The van der Waals surface area contributed by atoms with E-state index in [0.29, 0.717) is 11.1 Å². The zero-order valence-electron chi connectivity index (χ0n) is 15.9. The topological polar surface area (TPSA) is 65.0 Å². The molecule has 3 aromatic rings. The Morgan fingerprint density at radius 2 is 1.73 bits per heavy atom. The Morgan fingerprint density at radius 3 is 2.30 bits per heavy atom. The van der Waals surface area contributed by atoms with Crippen LogP contribution < -0.4 is 4.74 Å². The summed E-state index contributed by atoms with van der Waals surface area (Å²) < 4.78 is 57.8. The fraction of sp³-hybridized carbons (Fsp3) is 0.238. The van der Waals surface area contributed by atoms with Crippen LogP contribution in [0, 0.1) is 5.82 Å². The van der Waals surface area contributed by atoms with Crippen LogP contribution in [0.3, 0.4) is 0 Å². The van der Waals surface area contributed by atoms with E-state index in [1.54, 1.807) is 0 Å². The molecule has 0 amide bonds. The summed E-state index contributed by atoms with van der Waals surface area (Å²) in [6.07, 6.45) is -0.400. The summed E-state index contributed by atoms with van der Waals surface area (Å²) in [5.74, 6) is -1.73. The van der Waals surface area contributed by atoms with Crippen LogP contribution in [0.4, 0.5) is 17.6 Å². The van der Waals surface area contributed by atoms with Crippen molar-refractivity contribution in [2.24, 2.45) is 0 Å². The second-order valence-corrected chi connectivity index (χ2v) is 6.54. The first kappa shape index (κ1) is 21.4. The number of Topliss-reactive ketones (excluding diaryl/α,β-unsaturated/α-hetero) is 1. The molecule has 0 radical (unpaired) electrons. The summed E-state index contributed by atoms with van der Waals surface area (Å²) in [4.78, 5) is 24.5. The molecule has 0 aliphatic rings. The highest BCUT2D eigenvalue weighted by atomic mass is 19.4. The van der Waals surface area contributed by atoms with Crippen molar-refractivity contribution in [3.63, 3.8) is 0 Å². The molecule has 0 N–H and O–H groups in total. The van der Waals surface area contributed by atoms with Gasteiger partial charge in [-0.2, -0.15) is 13.2 Å². The summed E-state index contributed by atoms with van der Waals surface area (Å²) in [6, 6.07) is 7.05. The van der Waals surface area contributed by atoms with Crippen molar-refractivity contribution in [1.82, 2.24) is 15.0 Å². The molecule has 0 saturated heterocycles. The molecule has 0 saturated carbocycles. The number of hydrogen-bond donors (Lipinski definition) is 0. The predicted molar refractivity (Wildman–Crippen MR) is 99.4 cm³/mol. The van der Waals surface area contributed by atoms with E-state index < -0.39 is 23.5 Å². The number of halogens is 4. The quantitative estimate of drug-likeness (QED) is 0.532. The van der Waals surface area contributed by atoms with Gasteiger partial charge in [-0.3, -0.25) is 9.78 Å². The fourth-order valence-electron chi connectivity index (χ4n) is 3.00. The van der Waals surface area contributed by atoms with Crippen LogP contribution in [-0.2, 0) is 17.4 Å². The third kappa shape index (κ3) is 5.16. The van der Waals surface area contributed by atoms with Gasteiger partial charge in [-0.25, -0.2) is 14.4 Å². The summed E-state index contributed by atoms with van der Waals surface area (Å²) in [5.41, 5.74) is 0.0678. The first-order chi connectivity index (χ1) is 14.3. The van der Waals surface area contributed by atoms with Crippen molar-refractivity contribution in [3.05, 3.63) is 83.2 Å². The maximum Gasteiger partial charge on any atom is 0.416 e. The van der Waals surface area contributed by atoms with E-state index in [4.69, 9.17) is 4.74 Å². The number of ketones is 1. The van der Waals surface area contributed by atoms with Crippen molar-refractivity contribution < 1.29 is 27.1 Å². The molecule has 1 aromatic carbocycles. The molecular weight excluding hydrogens is 402 g/mol. The van der Waals surface area contributed by atoms with E-state index in [2.05, 4.69) is 15.0 Å². The molecule has 0 aliphatic carbocycles. The molecule has 2 aromatic heterocycles. The highest BCUT2D eigenvalue weighted by Crippen LogP contribution is 2.33. The number of ether oxygens (including phenoxy) is 1. The minimum Gasteiger partial charge on any atom is -0.467 e.